The van der Waals surface area contributed by atoms with Crippen LogP contribution in [0.4, 0.5) is 0 Å². The molecular formula is C17H24O3. The van der Waals surface area contributed by atoms with Crippen LogP contribution in [-0.4, -0.2) is 19.0 Å². The first kappa shape index (κ1) is 16.4. The number of allylic oxidation sites excluding steroid dienone is 1. The van der Waals surface area contributed by atoms with Crippen molar-refractivity contribution in [1.82, 2.24) is 0 Å². The van der Waals surface area contributed by atoms with Crippen LogP contribution in [0.3, 0.4) is 0 Å². The van der Waals surface area contributed by atoms with Crippen LogP contribution in [-0.2, 0) is 16.1 Å². The van der Waals surface area contributed by atoms with Gasteiger partial charge >= 0.3 is 0 Å². The van der Waals surface area contributed by atoms with Gasteiger partial charge in [-0.1, -0.05) is 31.6 Å². The zero-order valence-corrected chi connectivity index (χ0v) is 12.6. The van der Waals surface area contributed by atoms with Gasteiger partial charge in [0.25, 0.3) is 0 Å². The van der Waals surface area contributed by atoms with Crippen LogP contribution in [0, 0.1) is 0 Å². The van der Waals surface area contributed by atoms with E-state index in [9.17, 15) is 4.79 Å². The Morgan fingerprint density at radius 3 is 2.55 bits per heavy atom. The van der Waals surface area contributed by atoms with Gasteiger partial charge in [-0.25, -0.2) is 0 Å². The molecule has 0 fully saturated rings. The van der Waals surface area contributed by atoms with Crippen molar-refractivity contribution in [2.45, 2.75) is 45.8 Å². The first-order valence-electron chi connectivity index (χ1n) is 7.07. The Kier molecular flexibility index (Phi) is 7.66. The van der Waals surface area contributed by atoms with Gasteiger partial charge in [-0.3, -0.25) is 4.79 Å². The Labute approximate surface area is 121 Å². The molecule has 0 saturated heterocycles. The average molecular weight is 276 g/mol. The SMILES string of the molecule is CCC[C@H](C/C=C/C(C)=O)OCc1ccc(OC)cc1. The number of ether oxygens (including phenoxy) is 2. The molecule has 0 aromatic heterocycles. The monoisotopic (exact) mass is 276 g/mol. The molecule has 0 unspecified atom stereocenters. The van der Waals surface area contributed by atoms with Gasteiger partial charge in [-0.05, 0) is 43.5 Å². The van der Waals surface area contributed by atoms with Crippen LogP contribution in [0.25, 0.3) is 0 Å². The van der Waals surface area contributed by atoms with E-state index in [2.05, 4.69) is 6.92 Å². The van der Waals surface area contributed by atoms with Crippen molar-refractivity contribution in [2.24, 2.45) is 0 Å². The van der Waals surface area contributed by atoms with Gasteiger partial charge in [-0.15, -0.1) is 0 Å². The van der Waals surface area contributed by atoms with Crippen molar-refractivity contribution in [3.63, 3.8) is 0 Å². The third kappa shape index (κ3) is 6.53. The zero-order valence-electron chi connectivity index (χ0n) is 12.6. The van der Waals surface area contributed by atoms with Gasteiger partial charge in [0.05, 0.1) is 19.8 Å². The summed E-state index contributed by atoms with van der Waals surface area (Å²) in [7, 11) is 1.66. The van der Waals surface area contributed by atoms with Crippen molar-refractivity contribution in [1.29, 1.82) is 0 Å². The first-order chi connectivity index (χ1) is 9.65. The molecule has 0 heterocycles. The number of carbonyl (C=O) groups is 1. The van der Waals surface area contributed by atoms with Crippen LogP contribution in [0.5, 0.6) is 5.75 Å². The summed E-state index contributed by atoms with van der Waals surface area (Å²) in [5, 5.41) is 0. The molecule has 1 atom stereocenters. The van der Waals surface area contributed by atoms with E-state index in [0.717, 1.165) is 30.6 Å². The predicted octanol–water partition coefficient (Wildman–Crippen LogP) is 3.92. The molecule has 20 heavy (non-hydrogen) atoms. The first-order valence-corrected chi connectivity index (χ1v) is 7.07. The fourth-order valence-corrected chi connectivity index (χ4v) is 1.91. The Morgan fingerprint density at radius 1 is 1.30 bits per heavy atom. The van der Waals surface area contributed by atoms with Crippen LogP contribution < -0.4 is 4.74 Å². The fourth-order valence-electron chi connectivity index (χ4n) is 1.91. The summed E-state index contributed by atoms with van der Waals surface area (Å²) in [6.07, 6.45) is 6.52. The van der Waals surface area contributed by atoms with E-state index in [-0.39, 0.29) is 11.9 Å². The Morgan fingerprint density at radius 2 is 2.00 bits per heavy atom. The summed E-state index contributed by atoms with van der Waals surface area (Å²) in [4.78, 5) is 10.9. The molecule has 0 aliphatic heterocycles. The molecule has 3 nitrogen and oxygen atoms in total. The quantitative estimate of drug-likeness (QED) is 0.641. The topological polar surface area (TPSA) is 35.5 Å². The van der Waals surface area contributed by atoms with Gasteiger partial charge in [0.1, 0.15) is 5.75 Å². The number of benzene rings is 1. The van der Waals surface area contributed by atoms with Gasteiger partial charge in [0.2, 0.25) is 0 Å². The molecule has 3 heteroatoms. The molecule has 0 spiro atoms. The van der Waals surface area contributed by atoms with E-state index >= 15 is 0 Å². The summed E-state index contributed by atoms with van der Waals surface area (Å²) in [6.45, 7) is 4.28. The second-order valence-electron chi connectivity index (χ2n) is 4.82. The maximum absolute atomic E-state index is 10.9. The normalized spacial score (nSPS) is 12.6. The Hall–Kier alpha value is -1.61. The van der Waals surface area contributed by atoms with Crippen LogP contribution >= 0.6 is 0 Å². The molecule has 0 amide bonds. The molecule has 110 valence electrons. The molecule has 1 aromatic carbocycles. The summed E-state index contributed by atoms with van der Waals surface area (Å²) >= 11 is 0. The maximum atomic E-state index is 10.9. The molecule has 0 N–H and O–H groups in total. The van der Waals surface area contributed by atoms with Crippen molar-refractivity contribution in [3.8, 4) is 5.75 Å². The van der Waals surface area contributed by atoms with Crippen molar-refractivity contribution >= 4 is 5.78 Å². The lowest BCUT2D eigenvalue weighted by molar-refractivity contribution is -0.112. The summed E-state index contributed by atoms with van der Waals surface area (Å²) in [6, 6.07) is 7.88. The highest BCUT2D eigenvalue weighted by Crippen LogP contribution is 2.15. The number of rotatable bonds is 9. The number of hydrogen-bond donors (Lipinski definition) is 0. The third-order valence-corrected chi connectivity index (χ3v) is 3.01. The molecule has 1 rings (SSSR count). The van der Waals surface area contributed by atoms with Gasteiger partial charge in [-0.2, -0.15) is 0 Å². The van der Waals surface area contributed by atoms with E-state index < -0.39 is 0 Å². The lowest BCUT2D eigenvalue weighted by atomic mass is 10.1. The van der Waals surface area contributed by atoms with Crippen molar-refractivity contribution < 1.29 is 14.3 Å². The Bertz CT molecular complexity index is 420. The lowest BCUT2D eigenvalue weighted by Gasteiger charge is -2.15. The predicted molar refractivity (Wildman–Crippen MR) is 80.9 cm³/mol. The largest absolute Gasteiger partial charge is 0.497 e. The standard InChI is InChI=1S/C17H24O3/c1-4-6-17(8-5-7-14(2)18)20-13-15-9-11-16(19-3)12-10-15/h5,7,9-12,17H,4,6,8,13H2,1-3H3/b7-5+/t17-/m1/s1. The molecule has 0 saturated carbocycles. The molecular weight excluding hydrogens is 252 g/mol. The van der Waals surface area contributed by atoms with Gasteiger partial charge in [0.15, 0.2) is 5.78 Å². The van der Waals surface area contributed by atoms with E-state index in [1.165, 1.54) is 0 Å². The number of hydrogen-bond acceptors (Lipinski definition) is 3. The number of methoxy groups -OCH3 is 1. The minimum atomic E-state index is 0.0791. The number of ketones is 1. The van der Waals surface area contributed by atoms with E-state index in [1.807, 2.05) is 30.3 Å². The maximum Gasteiger partial charge on any atom is 0.152 e. The Balaban J connectivity index is 2.46. The highest BCUT2D eigenvalue weighted by Gasteiger charge is 2.06. The zero-order chi connectivity index (χ0) is 14.8. The molecule has 1 aromatic rings. The van der Waals surface area contributed by atoms with Gasteiger partial charge in [0, 0.05) is 0 Å². The second-order valence-corrected chi connectivity index (χ2v) is 4.82. The van der Waals surface area contributed by atoms with Crippen LogP contribution in [0.2, 0.25) is 0 Å². The molecule has 0 aliphatic carbocycles. The summed E-state index contributed by atoms with van der Waals surface area (Å²) in [5.74, 6) is 0.929. The fraction of sp³-hybridized carbons (Fsp3) is 0.471. The van der Waals surface area contributed by atoms with Crippen molar-refractivity contribution in [3.05, 3.63) is 42.0 Å². The van der Waals surface area contributed by atoms with E-state index in [1.54, 1.807) is 20.1 Å². The van der Waals surface area contributed by atoms with Crippen LogP contribution in [0.15, 0.2) is 36.4 Å². The third-order valence-electron chi connectivity index (χ3n) is 3.01. The lowest BCUT2D eigenvalue weighted by Crippen LogP contribution is -2.11. The second kappa shape index (κ2) is 9.32. The molecule has 0 aliphatic rings. The van der Waals surface area contributed by atoms with Gasteiger partial charge < -0.3 is 9.47 Å². The van der Waals surface area contributed by atoms with Crippen molar-refractivity contribution in [2.75, 3.05) is 7.11 Å². The minimum Gasteiger partial charge on any atom is -0.497 e. The minimum absolute atomic E-state index is 0.0791. The summed E-state index contributed by atoms with van der Waals surface area (Å²) < 4.78 is 11.0. The molecule has 0 radical (unpaired) electrons. The smallest absolute Gasteiger partial charge is 0.152 e. The summed E-state index contributed by atoms with van der Waals surface area (Å²) in [5.41, 5.74) is 1.13. The highest BCUT2D eigenvalue weighted by atomic mass is 16.5. The average Bonchev–Trinajstić information content (AvgIpc) is 2.45. The van der Waals surface area contributed by atoms with E-state index in [0.29, 0.717) is 6.61 Å². The highest BCUT2D eigenvalue weighted by molar-refractivity contribution is 5.87. The number of carbonyl (C=O) groups excluding carboxylic acids is 1. The van der Waals surface area contributed by atoms with E-state index in [4.69, 9.17) is 9.47 Å². The van der Waals surface area contributed by atoms with Crippen LogP contribution in [0.1, 0.15) is 38.7 Å². The molecule has 0 bridgehead atoms.